The standard InChI is InChI=1S/C28H49NO/c1-22(2)12-10-20-29(7)21-11-15-23(3)13-8-9-14-24(4)16-18-26-25(5)17-19-27-28(26,6)30-27/h13-14,22,27H,8-12,15-21H2,1-7H3/b23-13+,24-14+. The van der Waals surface area contributed by atoms with Crippen molar-refractivity contribution in [1.82, 2.24) is 4.90 Å². The van der Waals surface area contributed by atoms with Crippen LogP contribution in [0.15, 0.2) is 34.4 Å². The molecule has 30 heavy (non-hydrogen) atoms. The quantitative estimate of drug-likeness (QED) is 0.163. The third-order valence-electron chi connectivity index (χ3n) is 7.19. The second-order valence-electron chi connectivity index (χ2n) is 10.6. The highest BCUT2D eigenvalue weighted by Gasteiger charge is 2.56. The van der Waals surface area contributed by atoms with Crippen LogP contribution < -0.4 is 0 Å². The van der Waals surface area contributed by atoms with Gasteiger partial charge in [0.15, 0.2) is 0 Å². The molecule has 0 amide bonds. The number of allylic oxidation sites excluding steroid dienone is 5. The summed E-state index contributed by atoms with van der Waals surface area (Å²) in [5.74, 6) is 0.831. The van der Waals surface area contributed by atoms with Crippen molar-refractivity contribution in [3.63, 3.8) is 0 Å². The summed E-state index contributed by atoms with van der Waals surface area (Å²) in [6.07, 6.45) is 17.8. The largest absolute Gasteiger partial charge is 0.362 e. The van der Waals surface area contributed by atoms with Crippen LogP contribution in [0.3, 0.4) is 0 Å². The minimum atomic E-state index is 0.0883. The van der Waals surface area contributed by atoms with Gasteiger partial charge in [0.05, 0.1) is 6.10 Å². The maximum absolute atomic E-state index is 5.99. The second-order valence-corrected chi connectivity index (χ2v) is 10.6. The summed E-state index contributed by atoms with van der Waals surface area (Å²) in [4.78, 5) is 2.50. The van der Waals surface area contributed by atoms with E-state index < -0.39 is 0 Å². The van der Waals surface area contributed by atoms with Gasteiger partial charge in [-0.05, 0) is 124 Å². The summed E-state index contributed by atoms with van der Waals surface area (Å²) < 4.78 is 5.99. The molecule has 2 heteroatoms. The lowest BCUT2D eigenvalue weighted by molar-refractivity contribution is 0.313. The number of epoxide rings is 1. The smallest absolute Gasteiger partial charge is 0.113 e. The minimum Gasteiger partial charge on any atom is -0.362 e. The molecule has 2 aliphatic rings. The molecular weight excluding hydrogens is 366 g/mol. The third kappa shape index (κ3) is 8.35. The number of rotatable bonds is 14. The minimum absolute atomic E-state index is 0.0883. The number of hydrogen-bond donors (Lipinski definition) is 0. The van der Waals surface area contributed by atoms with Crippen molar-refractivity contribution in [3.05, 3.63) is 34.4 Å². The first-order valence-electron chi connectivity index (χ1n) is 12.6. The van der Waals surface area contributed by atoms with E-state index in [0.717, 1.165) is 5.92 Å². The highest BCUT2D eigenvalue weighted by atomic mass is 16.6. The summed E-state index contributed by atoms with van der Waals surface area (Å²) in [5, 5.41) is 0. The number of hydrogen-bond acceptors (Lipinski definition) is 2. The highest BCUT2D eigenvalue weighted by Crippen LogP contribution is 2.52. The van der Waals surface area contributed by atoms with Crippen LogP contribution in [-0.2, 0) is 4.74 Å². The molecule has 1 aliphatic heterocycles. The van der Waals surface area contributed by atoms with Gasteiger partial charge in [0, 0.05) is 0 Å². The van der Waals surface area contributed by atoms with Crippen molar-refractivity contribution in [2.45, 2.75) is 117 Å². The van der Waals surface area contributed by atoms with Gasteiger partial charge >= 0.3 is 0 Å². The Morgan fingerprint density at radius 2 is 1.73 bits per heavy atom. The van der Waals surface area contributed by atoms with Gasteiger partial charge in [-0.3, -0.25) is 0 Å². The molecule has 1 heterocycles. The SMILES string of the molecule is CC1=C(CC/C(C)=C/CC/C=C(\C)CCCN(C)CCCC(C)C)C2(C)OC2CC1. The summed E-state index contributed by atoms with van der Waals surface area (Å²) in [6, 6.07) is 0. The van der Waals surface area contributed by atoms with Crippen molar-refractivity contribution < 1.29 is 4.74 Å². The molecule has 2 atom stereocenters. The Labute approximate surface area is 187 Å². The highest BCUT2D eigenvalue weighted by molar-refractivity contribution is 5.34. The van der Waals surface area contributed by atoms with Gasteiger partial charge in [0.1, 0.15) is 5.60 Å². The lowest BCUT2D eigenvalue weighted by Gasteiger charge is -2.21. The molecule has 0 aromatic heterocycles. The van der Waals surface area contributed by atoms with Crippen molar-refractivity contribution >= 4 is 0 Å². The van der Waals surface area contributed by atoms with Crippen LogP contribution in [0.5, 0.6) is 0 Å². The number of fused-ring (bicyclic) bond motifs is 1. The predicted molar refractivity (Wildman–Crippen MR) is 132 cm³/mol. The van der Waals surface area contributed by atoms with E-state index in [4.69, 9.17) is 4.74 Å². The summed E-state index contributed by atoms with van der Waals surface area (Å²) in [5.41, 5.74) is 6.37. The Morgan fingerprint density at radius 3 is 2.40 bits per heavy atom. The third-order valence-corrected chi connectivity index (χ3v) is 7.19. The van der Waals surface area contributed by atoms with Crippen LogP contribution in [0, 0.1) is 5.92 Å². The monoisotopic (exact) mass is 415 g/mol. The van der Waals surface area contributed by atoms with Crippen molar-refractivity contribution in [2.75, 3.05) is 20.1 Å². The zero-order chi connectivity index (χ0) is 22.1. The number of ether oxygens (including phenoxy) is 1. The van der Waals surface area contributed by atoms with Crippen molar-refractivity contribution in [3.8, 4) is 0 Å². The molecule has 0 aromatic rings. The first-order chi connectivity index (χ1) is 14.2. The first-order valence-corrected chi connectivity index (χ1v) is 12.6. The fraction of sp³-hybridized carbons (Fsp3) is 0.786. The molecule has 1 fully saturated rings. The van der Waals surface area contributed by atoms with Crippen LogP contribution >= 0.6 is 0 Å². The van der Waals surface area contributed by atoms with Crippen LogP contribution in [0.1, 0.15) is 106 Å². The van der Waals surface area contributed by atoms with E-state index in [1.54, 1.807) is 16.7 Å². The van der Waals surface area contributed by atoms with Gasteiger partial charge in [0.2, 0.25) is 0 Å². The fourth-order valence-electron chi connectivity index (χ4n) is 4.94. The topological polar surface area (TPSA) is 15.8 Å². The van der Waals surface area contributed by atoms with E-state index >= 15 is 0 Å². The Balaban J connectivity index is 1.58. The van der Waals surface area contributed by atoms with Crippen molar-refractivity contribution in [1.29, 1.82) is 0 Å². The van der Waals surface area contributed by atoms with E-state index in [1.165, 1.54) is 82.9 Å². The first kappa shape index (κ1) is 25.4. The number of nitrogens with zero attached hydrogens (tertiary/aromatic N) is 1. The molecule has 1 saturated heterocycles. The summed E-state index contributed by atoms with van der Waals surface area (Å²) in [7, 11) is 2.27. The molecule has 2 unspecified atom stereocenters. The molecule has 172 valence electrons. The van der Waals surface area contributed by atoms with E-state index in [0.29, 0.717) is 6.10 Å². The van der Waals surface area contributed by atoms with E-state index in [1.807, 2.05) is 0 Å². The van der Waals surface area contributed by atoms with Gasteiger partial charge < -0.3 is 9.64 Å². The average Bonchev–Trinajstić information content (AvgIpc) is 3.35. The molecule has 2 nitrogen and oxygen atoms in total. The molecule has 0 bridgehead atoms. The number of unbranched alkanes of at least 4 members (excludes halogenated alkanes) is 1. The zero-order valence-electron chi connectivity index (χ0n) is 21.2. The Kier molecular flexibility index (Phi) is 10.4. The molecule has 0 saturated carbocycles. The summed E-state index contributed by atoms with van der Waals surface area (Å²) >= 11 is 0. The van der Waals surface area contributed by atoms with Gasteiger partial charge in [0.25, 0.3) is 0 Å². The Bertz CT molecular complexity index is 627. The lowest BCUT2D eigenvalue weighted by Crippen LogP contribution is -2.21. The fourth-order valence-corrected chi connectivity index (χ4v) is 4.94. The van der Waals surface area contributed by atoms with Crippen molar-refractivity contribution in [2.24, 2.45) is 5.92 Å². The second kappa shape index (κ2) is 12.2. The maximum Gasteiger partial charge on any atom is 0.113 e. The van der Waals surface area contributed by atoms with Gasteiger partial charge in [-0.25, -0.2) is 0 Å². The van der Waals surface area contributed by atoms with Gasteiger partial charge in [-0.1, -0.05) is 42.7 Å². The zero-order valence-corrected chi connectivity index (χ0v) is 21.2. The normalized spacial score (nSPS) is 24.8. The Morgan fingerprint density at radius 1 is 1.10 bits per heavy atom. The van der Waals surface area contributed by atoms with E-state index in [-0.39, 0.29) is 5.60 Å². The maximum atomic E-state index is 5.99. The predicted octanol–water partition coefficient (Wildman–Crippen LogP) is 7.86. The van der Waals surface area contributed by atoms with Crippen LogP contribution in [0.2, 0.25) is 0 Å². The lowest BCUT2D eigenvalue weighted by atomic mass is 9.81. The van der Waals surface area contributed by atoms with Crippen LogP contribution in [0.25, 0.3) is 0 Å². The average molecular weight is 416 g/mol. The molecule has 0 spiro atoms. The Hall–Kier alpha value is -0.860. The molecule has 0 N–H and O–H groups in total. The molecule has 2 rings (SSSR count). The van der Waals surface area contributed by atoms with Crippen LogP contribution in [-0.4, -0.2) is 36.7 Å². The molecule has 0 aromatic carbocycles. The molecule has 1 aliphatic carbocycles. The molecule has 0 radical (unpaired) electrons. The van der Waals surface area contributed by atoms with E-state index in [9.17, 15) is 0 Å². The molecular formula is C28H49NO. The van der Waals surface area contributed by atoms with E-state index in [2.05, 4.69) is 65.6 Å². The summed E-state index contributed by atoms with van der Waals surface area (Å²) in [6.45, 7) is 16.3. The van der Waals surface area contributed by atoms with Gasteiger partial charge in [-0.2, -0.15) is 0 Å². The van der Waals surface area contributed by atoms with Crippen LogP contribution in [0.4, 0.5) is 0 Å². The van der Waals surface area contributed by atoms with Gasteiger partial charge in [-0.15, -0.1) is 0 Å².